The molecule has 0 heterocycles. The number of benzene rings is 1. The van der Waals surface area contributed by atoms with Crippen molar-refractivity contribution in [1.29, 1.82) is 0 Å². The van der Waals surface area contributed by atoms with Crippen molar-refractivity contribution in [1.82, 2.24) is 10.6 Å². The molecule has 110 valence electrons. The quantitative estimate of drug-likeness (QED) is 0.459. The number of nitrogen functional groups attached to an aromatic ring is 1. The number of anilines is 1. The fraction of sp³-hybridized carbons (Fsp3) is 0.429. The monoisotopic (exact) mass is 278 g/mol. The number of hydrazine groups is 1. The molecule has 0 aliphatic rings. The van der Waals surface area contributed by atoms with Crippen molar-refractivity contribution in [2.24, 2.45) is 5.84 Å². The standard InChI is InChI=1S/C14H22N4O2/c1-9(2)17-13(19)6-7-16-14(20)11-4-5-12(18-15)10(3)8-11/h4-5,8-9,18H,6-7,15H2,1-3H3,(H,16,20)(H,17,19). The zero-order valence-corrected chi connectivity index (χ0v) is 12.1. The summed E-state index contributed by atoms with van der Waals surface area (Å²) in [4.78, 5) is 23.3. The lowest BCUT2D eigenvalue weighted by atomic mass is 10.1. The van der Waals surface area contributed by atoms with Crippen LogP contribution < -0.4 is 21.9 Å². The minimum absolute atomic E-state index is 0.0702. The maximum absolute atomic E-state index is 11.9. The average Bonchev–Trinajstić information content (AvgIpc) is 2.37. The van der Waals surface area contributed by atoms with Crippen molar-refractivity contribution in [3.63, 3.8) is 0 Å². The van der Waals surface area contributed by atoms with Crippen LogP contribution >= 0.6 is 0 Å². The van der Waals surface area contributed by atoms with E-state index in [1.54, 1.807) is 18.2 Å². The number of carbonyl (C=O) groups is 2. The third kappa shape index (κ3) is 4.89. The van der Waals surface area contributed by atoms with Crippen LogP contribution in [0, 0.1) is 6.92 Å². The largest absolute Gasteiger partial charge is 0.354 e. The molecule has 1 aromatic carbocycles. The van der Waals surface area contributed by atoms with Gasteiger partial charge in [-0.15, -0.1) is 0 Å². The summed E-state index contributed by atoms with van der Waals surface area (Å²) in [5.41, 5.74) is 4.76. The van der Waals surface area contributed by atoms with Gasteiger partial charge >= 0.3 is 0 Å². The van der Waals surface area contributed by atoms with Gasteiger partial charge in [-0.05, 0) is 44.5 Å². The van der Waals surface area contributed by atoms with E-state index in [1.165, 1.54) is 0 Å². The lowest BCUT2D eigenvalue weighted by Crippen LogP contribution is -2.34. The van der Waals surface area contributed by atoms with Gasteiger partial charge in [-0.25, -0.2) is 0 Å². The smallest absolute Gasteiger partial charge is 0.251 e. The fourth-order valence-corrected chi connectivity index (χ4v) is 1.75. The van der Waals surface area contributed by atoms with Crippen molar-refractivity contribution < 1.29 is 9.59 Å². The van der Waals surface area contributed by atoms with E-state index in [4.69, 9.17) is 5.84 Å². The van der Waals surface area contributed by atoms with Gasteiger partial charge in [-0.3, -0.25) is 15.4 Å². The Labute approximate surface area is 119 Å². The molecule has 0 aliphatic heterocycles. The number of amides is 2. The van der Waals surface area contributed by atoms with Crippen LogP contribution in [-0.4, -0.2) is 24.4 Å². The van der Waals surface area contributed by atoms with Gasteiger partial charge in [0.2, 0.25) is 5.91 Å². The van der Waals surface area contributed by atoms with Crippen molar-refractivity contribution in [3.8, 4) is 0 Å². The first-order valence-electron chi connectivity index (χ1n) is 6.59. The molecule has 0 spiro atoms. The van der Waals surface area contributed by atoms with Gasteiger partial charge in [-0.2, -0.15) is 0 Å². The van der Waals surface area contributed by atoms with E-state index in [9.17, 15) is 9.59 Å². The zero-order chi connectivity index (χ0) is 15.1. The van der Waals surface area contributed by atoms with Crippen LogP contribution in [0.5, 0.6) is 0 Å². The number of nitrogens with two attached hydrogens (primary N) is 1. The maximum Gasteiger partial charge on any atom is 0.251 e. The predicted molar refractivity (Wildman–Crippen MR) is 79.2 cm³/mol. The number of aryl methyl sites for hydroxylation is 1. The molecule has 6 nitrogen and oxygen atoms in total. The Morgan fingerprint density at radius 1 is 1.30 bits per heavy atom. The van der Waals surface area contributed by atoms with Crippen molar-refractivity contribution in [2.45, 2.75) is 33.2 Å². The Hall–Kier alpha value is -2.08. The Bertz CT molecular complexity index is 486. The van der Waals surface area contributed by atoms with E-state index in [-0.39, 0.29) is 24.3 Å². The average molecular weight is 278 g/mol. The second-order valence-electron chi connectivity index (χ2n) is 4.90. The summed E-state index contributed by atoms with van der Waals surface area (Å²) in [6.07, 6.45) is 0.269. The molecule has 20 heavy (non-hydrogen) atoms. The highest BCUT2D eigenvalue weighted by Gasteiger charge is 2.08. The fourth-order valence-electron chi connectivity index (χ4n) is 1.75. The summed E-state index contributed by atoms with van der Waals surface area (Å²) in [6.45, 7) is 5.97. The molecule has 1 rings (SSSR count). The molecule has 2 amide bonds. The summed E-state index contributed by atoms with van der Waals surface area (Å²) < 4.78 is 0. The van der Waals surface area contributed by atoms with Gasteiger partial charge in [-0.1, -0.05) is 0 Å². The molecule has 0 bridgehead atoms. The van der Waals surface area contributed by atoms with Gasteiger partial charge in [0.1, 0.15) is 0 Å². The number of carbonyl (C=O) groups excluding carboxylic acids is 2. The highest BCUT2D eigenvalue weighted by Crippen LogP contribution is 2.14. The molecular formula is C14H22N4O2. The van der Waals surface area contributed by atoms with Gasteiger partial charge in [0.25, 0.3) is 5.91 Å². The highest BCUT2D eigenvalue weighted by molar-refractivity contribution is 5.95. The normalized spacial score (nSPS) is 10.2. The first-order chi connectivity index (χ1) is 9.43. The topological polar surface area (TPSA) is 96.2 Å². The summed E-state index contributed by atoms with van der Waals surface area (Å²) in [6, 6.07) is 5.29. The molecule has 1 aromatic rings. The molecule has 0 aliphatic carbocycles. The van der Waals surface area contributed by atoms with Gasteiger partial charge in [0, 0.05) is 24.6 Å². The minimum atomic E-state index is -0.200. The Kier molecular flexibility index (Phi) is 5.99. The van der Waals surface area contributed by atoms with E-state index >= 15 is 0 Å². The highest BCUT2D eigenvalue weighted by atomic mass is 16.2. The third-order valence-corrected chi connectivity index (χ3v) is 2.73. The van der Waals surface area contributed by atoms with Gasteiger partial charge in [0.15, 0.2) is 0 Å². The van der Waals surface area contributed by atoms with Crippen molar-refractivity contribution in [3.05, 3.63) is 29.3 Å². The Balaban J connectivity index is 2.47. The molecule has 0 fully saturated rings. The predicted octanol–water partition coefficient (Wildman–Crippen LogP) is 0.925. The number of hydrogen-bond acceptors (Lipinski definition) is 4. The first kappa shape index (κ1) is 16.0. The van der Waals surface area contributed by atoms with Crippen LogP contribution in [0.25, 0.3) is 0 Å². The summed E-state index contributed by atoms with van der Waals surface area (Å²) in [7, 11) is 0. The second kappa shape index (κ2) is 7.49. The Morgan fingerprint density at radius 3 is 2.55 bits per heavy atom. The van der Waals surface area contributed by atoms with Crippen molar-refractivity contribution in [2.75, 3.05) is 12.0 Å². The van der Waals surface area contributed by atoms with Crippen LogP contribution in [0.2, 0.25) is 0 Å². The molecule has 5 N–H and O–H groups in total. The molecule has 0 unspecified atom stereocenters. The number of hydrogen-bond donors (Lipinski definition) is 4. The van der Waals surface area contributed by atoms with Crippen LogP contribution in [0.1, 0.15) is 36.2 Å². The third-order valence-electron chi connectivity index (χ3n) is 2.73. The van der Waals surface area contributed by atoms with E-state index in [0.29, 0.717) is 12.1 Å². The molecule has 0 atom stereocenters. The van der Waals surface area contributed by atoms with E-state index in [1.807, 2.05) is 20.8 Å². The summed E-state index contributed by atoms with van der Waals surface area (Å²) in [5, 5.41) is 5.48. The molecule has 0 aromatic heterocycles. The molecule has 0 saturated carbocycles. The summed E-state index contributed by atoms with van der Waals surface area (Å²) >= 11 is 0. The zero-order valence-electron chi connectivity index (χ0n) is 12.1. The van der Waals surface area contributed by atoms with Crippen LogP contribution in [0.4, 0.5) is 5.69 Å². The molecular weight excluding hydrogens is 256 g/mol. The SMILES string of the molecule is Cc1cc(C(=O)NCCC(=O)NC(C)C)ccc1NN. The minimum Gasteiger partial charge on any atom is -0.354 e. The Morgan fingerprint density at radius 2 is 2.00 bits per heavy atom. The van der Waals surface area contributed by atoms with Crippen LogP contribution in [-0.2, 0) is 4.79 Å². The van der Waals surface area contributed by atoms with Gasteiger partial charge in [0.05, 0.1) is 5.69 Å². The molecule has 0 radical (unpaired) electrons. The van der Waals surface area contributed by atoms with E-state index in [2.05, 4.69) is 16.1 Å². The molecule has 6 heteroatoms. The van der Waals surface area contributed by atoms with Gasteiger partial charge < -0.3 is 16.1 Å². The maximum atomic E-state index is 11.9. The van der Waals surface area contributed by atoms with Crippen LogP contribution in [0.15, 0.2) is 18.2 Å². The number of rotatable bonds is 6. The lowest BCUT2D eigenvalue weighted by molar-refractivity contribution is -0.121. The lowest BCUT2D eigenvalue weighted by Gasteiger charge is -2.10. The van der Waals surface area contributed by atoms with E-state index in [0.717, 1.165) is 11.3 Å². The van der Waals surface area contributed by atoms with Crippen LogP contribution in [0.3, 0.4) is 0 Å². The second-order valence-corrected chi connectivity index (χ2v) is 4.90. The van der Waals surface area contributed by atoms with Crippen molar-refractivity contribution >= 4 is 17.5 Å². The number of nitrogens with one attached hydrogen (secondary N) is 3. The van der Waals surface area contributed by atoms with E-state index < -0.39 is 0 Å². The first-order valence-corrected chi connectivity index (χ1v) is 6.59. The summed E-state index contributed by atoms with van der Waals surface area (Å²) in [5.74, 6) is 5.06. The molecule has 0 saturated heterocycles.